The summed E-state index contributed by atoms with van der Waals surface area (Å²) in [5, 5.41) is 4.99. The summed E-state index contributed by atoms with van der Waals surface area (Å²) in [5.74, 6) is -0.248. The van der Waals surface area contributed by atoms with Gasteiger partial charge in [-0.15, -0.1) is 0 Å². The molecular weight excluding hydrogens is 664 g/mol. The van der Waals surface area contributed by atoms with Crippen molar-refractivity contribution in [2.75, 3.05) is 32.7 Å². The van der Waals surface area contributed by atoms with Gasteiger partial charge < -0.3 is 25.0 Å². The third kappa shape index (κ3) is 5.92. The van der Waals surface area contributed by atoms with E-state index in [2.05, 4.69) is 31.2 Å². The number of fused-ring (bicyclic) bond motifs is 1. The molecule has 2 aromatic carbocycles. The molecule has 2 aliphatic heterocycles. The van der Waals surface area contributed by atoms with E-state index in [9.17, 15) is 14.4 Å². The molecule has 6 rings (SSSR count). The summed E-state index contributed by atoms with van der Waals surface area (Å²) >= 11 is 11.2. The number of piperazine rings is 1. The minimum absolute atomic E-state index is 0.00503. The largest absolute Gasteiger partial charge is 0.361 e. The van der Waals surface area contributed by atoms with Crippen molar-refractivity contribution in [1.82, 2.24) is 30.0 Å². The molecule has 0 radical (unpaired) electrons. The number of likely N-dealkylation sites (tertiary alicyclic amines) is 1. The van der Waals surface area contributed by atoms with E-state index in [1.165, 1.54) is 11.8 Å². The first-order valence-corrected chi connectivity index (χ1v) is 16.5. The number of nitrogens with zero attached hydrogens (tertiary/aromatic N) is 4. The summed E-state index contributed by atoms with van der Waals surface area (Å²) in [7, 11) is 0. The molecule has 44 heavy (non-hydrogen) atoms. The minimum Gasteiger partial charge on any atom is -0.361 e. The molecule has 2 aliphatic rings. The highest BCUT2D eigenvalue weighted by molar-refractivity contribution is 9.10. The van der Waals surface area contributed by atoms with Crippen LogP contribution in [0.1, 0.15) is 30.5 Å². The summed E-state index contributed by atoms with van der Waals surface area (Å²) in [5.41, 5.74) is 2.63. The fourth-order valence-corrected chi connectivity index (χ4v) is 7.96. The van der Waals surface area contributed by atoms with Gasteiger partial charge in [-0.2, -0.15) is 0 Å². The fraction of sp³-hybridized carbons (Fsp3) is 0.312. The predicted octanol–water partition coefficient (Wildman–Crippen LogP) is 5.86. The number of hydrogen-bond donors (Lipinski definition) is 2. The number of aromatic nitrogens is 2. The third-order valence-corrected chi connectivity index (χ3v) is 10.3. The van der Waals surface area contributed by atoms with Gasteiger partial charge in [0.2, 0.25) is 11.8 Å². The molecule has 0 bridgehead atoms. The number of carbonyl (C=O) groups is 3. The zero-order chi connectivity index (χ0) is 30.8. The minimum atomic E-state index is -1.22. The lowest BCUT2D eigenvalue weighted by Crippen LogP contribution is -2.58. The Kier molecular flexibility index (Phi) is 8.89. The second-order valence-electron chi connectivity index (χ2n) is 10.9. The van der Waals surface area contributed by atoms with Crippen LogP contribution in [0.5, 0.6) is 0 Å². The maximum absolute atomic E-state index is 15.0. The highest BCUT2D eigenvalue weighted by atomic mass is 79.9. The van der Waals surface area contributed by atoms with E-state index in [-0.39, 0.29) is 24.3 Å². The number of carbonyl (C=O) groups excluding carboxylic acids is 3. The molecule has 12 heteroatoms. The molecule has 4 aromatic rings. The molecule has 0 aliphatic carbocycles. The smallest absolute Gasteiger partial charge is 0.317 e. The highest BCUT2D eigenvalue weighted by Gasteiger charge is 2.60. The van der Waals surface area contributed by atoms with Crippen LogP contribution in [0.2, 0.25) is 5.02 Å². The van der Waals surface area contributed by atoms with E-state index in [1.54, 1.807) is 16.0 Å². The summed E-state index contributed by atoms with van der Waals surface area (Å²) in [6.07, 6.45) is 3.60. The van der Waals surface area contributed by atoms with Crippen LogP contribution in [0.4, 0.5) is 4.79 Å². The number of H-pyrrole nitrogens is 1. The van der Waals surface area contributed by atoms with Gasteiger partial charge in [0.25, 0.3) is 0 Å². The second kappa shape index (κ2) is 12.8. The SMILES string of the molecule is CCNC(=O)N1CCN(C(=O)[C@]2(Sc3ccccn3)CC(=O)N(Cc3ccc(Br)cc3)[C@H]2c2c[nH]c3cc(Cl)ccc23)CC1. The van der Waals surface area contributed by atoms with E-state index in [4.69, 9.17) is 11.6 Å². The van der Waals surface area contributed by atoms with E-state index < -0.39 is 10.8 Å². The van der Waals surface area contributed by atoms with Gasteiger partial charge in [0.05, 0.1) is 17.5 Å². The van der Waals surface area contributed by atoms with Crippen molar-refractivity contribution < 1.29 is 14.4 Å². The Labute approximate surface area is 273 Å². The molecule has 4 amide bonds. The number of urea groups is 1. The number of amides is 4. The monoisotopic (exact) mass is 694 g/mol. The van der Waals surface area contributed by atoms with Crippen molar-refractivity contribution in [1.29, 1.82) is 0 Å². The molecule has 2 aromatic heterocycles. The lowest BCUT2D eigenvalue weighted by molar-refractivity contribution is -0.136. The Morgan fingerprint density at radius 3 is 2.55 bits per heavy atom. The summed E-state index contributed by atoms with van der Waals surface area (Å²) in [4.78, 5) is 54.9. The van der Waals surface area contributed by atoms with Gasteiger partial charge >= 0.3 is 6.03 Å². The quantitative estimate of drug-likeness (QED) is 0.253. The number of thioether (sulfide) groups is 1. The van der Waals surface area contributed by atoms with E-state index in [0.717, 1.165) is 26.5 Å². The standard InChI is InChI=1S/C32H32BrClN6O3S/c1-2-35-31(43)39-15-13-38(14-16-39)30(42)32(44-27-5-3-4-12-36-27)18-28(41)40(20-21-6-8-22(33)9-7-21)29(32)25-19-37-26-17-23(34)10-11-24(25)26/h3-12,17,19,29,37H,2,13-16,18,20H2,1H3,(H,35,43)/t29-,32-/m0/s1. The first-order valence-electron chi connectivity index (χ1n) is 14.5. The summed E-state index contributed by atoms with van der Waals surface area (Å²) < 4.78 is -0.273. The van der Waals surface area contributed by atoms with Gasteiger partial charge in [0.15, 0.2) is 0 Å². The number of rotatable bonds is 7. The van der Waals surface area contributed by atoms with Crippen molar-refractivity contribution in [3.8, 4) is 0 Å². The molecule has 0 saturated carbocycles. The molecule has 0 spiro atoms. The molecule has 4 heterocycles. The molecular formula is C32H32BrClN6O3S. The van der Waals surface area contributed by atoms with Crippen LogP contribution in [0.15, 0.2) is 82.6 Å². The fourth-order valence-electron chi connectivity index (χ4n) is 6.12. The van der Waals surface area contributed by atoms with Gasteiger partial charge in [0.1, 0.15) is 4.75 Å². The average Bonchev–Trinajstić information content (AvgIpc) is 3.55. The van der Waals surface area contributed by atoms with Crippen LogP contribution in [-0.2, 0) is 16.1 Å². The summed E-state index contributed by atoms with van der Waals surface area (Å²) in [6, 6.07) is 18.3. The number of halogens is 2. The van der Waals surface area contributed by atoms with Gasteiger partial charge in [-0.3, -0.25) is 9.59 Å². The molecule has 0 unspecified atom stereocenters. The Bertz CT molecular complexity index is 1680. The van der Waals surface area contributed by atoms with Gasteiger partial charge in [0, 0.05) is 77.6 Å². The number of hydrogen-bond acceptors (Lipinski definition) is 5. The Morgan fingerprint density at radius 1 is 1.09 bits per heavy atom. The molecule has 2 N–H and O–H groups in total. The first kappa shape index (κ1) is 30.5. The number of aromatic amines is 1. The van der Waals surface area contributed by atoms with Crippen molar-refractivity contribution in [2.45, 2.75) is 35.7 Å². The van der Waals surface area contributed by atoms with Crippen molar-refractivity contribution in [2.24, 2.45) is 0 Å². The number of nitrogens with one attached hydrogen (secondary N) is 2. The Morgan fingerprint density at radius 2 is 1.84 bits per heavy atom. The molecule has 228 valence electrons. The maximum atomic E-state index is 15.0. The van der Waals surface area contributed by atoms with Crippen molar-refractivity contribution >= 4 is 68.0 Å². The topological polar surface area (TPSA) is 102 Å². The molecule has 2 atom stereocenters. The lowest BCUT2D eigenvalue weighted by Gasteiger charge is -2.42. The van der Waals surface area contributed by atoms with Crippen LogP contribution in [0.3, 0.4) is 0 Å². The van der Waals surface area contributed by atoms with Crippen LogP contribution in [0, 0.1) is 0 Å². The highest BCUT2D eigenvalue weighted by Crippen LogP contribution is 2.54. The van der Waals surface area contributed by atoms with Crippen molar-refractivity contribution in [3.05, 3.63) is 93.7 Å². The predicted molar refractivity (Wildman–Crippen MR) is 175 cm³/mol. The second-order valence-corrected chi connectivity index (χ2v) is 13.6. The van der Waals surface area contributed by atoms with E-state index >= 15 is 0 Å². The zero-order valence-electron chi connectivity index (χ0n) is 24.1. The van der Waals surface area contributed by atoms with Crippen LogP contribution in [0.25, 0.3) is 10.9 Å². The number of benzene rings is 2. The van der Waals surface area contributed by atoms with Gasteiger partial charge in [-0.1, -0.05) is 63.6 Å². The van der Waals surface area contributed by atoms with Crippen molar-refractivity contribution in [3.63, 3.8) is 0 Å². The Hall–Kier alpha value is -3.54. The molecule has 2 saturated heterocycles. The molecule has 9 nitrogen and oxygen atoms in total. The molecule has 2 fully saturated rings. The Balaban J connectivity index is 1.45. The maximum Gasteiger partial charge on any atom is 0.317 e. The summed E-state index contributed by atoms with van der Waals surface area (Å²) in [6.45, 7) is 4.32. The zero-order valence-corrected chi connectivity index (χ0v) is 27.3. The van der Waals surface area contributed by atoms with Gasteiger partial charge in [-0.25, -0.2) is 9.78 Å². The van der Waals surface area contributed by atoms with Crippen LogP contribution < -0.4 is 5.32 Å². The third-order valence-electron chi connectivity index (χ3n) is 8.19. The lowest BCUT2D eigenvalue weighted by atomic mass is 9.90. The van der Waals surface area contributed by atoms with Crippen LogP contribution in [-0.4, -0.2) is 80.0 Å². The normalized spacial score (nSPS) is 20.4. The number of pyridine rings is 1. The van der Waals surface area contributed by atoms with Gasteiger partial charge in [-0.05, 0) is 48.9 Å². The average molecular weight is 696 g/mol. The van der Waals surface area contributed by atoms with Crippen LogP contribution >= 0.6 is 39.3 Å². The van der Waals surface area contributed by atoms with E-state index in [1.807, 2.05) is 78.7 Å². The van der Waals surface area contributed by atoms with E-state index in [0.29, 0.717) is 49.3 Å². The first-order chi connectivity index (χ1) is 21.3.